The second-order valence-electron chi connectivity index (χ2n) is 6.84. The molecule has 4 aromatic rings. The summed E-state index contributed by atoms with van der Waals surface area (Å²) in [6, 6.07) is 8.98. The zero-order chi connectivity index (χ0) is 21.2. The summed E-state index contributed by atoms with van der Waals surface area (Å²) in [4.78, 5) is 32.8. The lowest BCUT2D eigenvalue weighted by Crippen LogP contribution is -2.29. The van der Waals surface area contributed by atoms with Gasteiger partial charge in [-0.05, 0) is 42.8 Å². The summed E-state index contributed by atoms with van der Waals surface area (Å²) in [5, 5.41) is 3.69. The standard InChI is InChI=1S/C21H11Cl3N2O3S/c1-9-8-30-21(25-9)26-17(10-2-4-13(23)14(24)6-10)16-18(27)12-7-11(22)3-5-15(12)29-19(16)20(26)28/h2-8,17H,1H3. The number of thiazole rings is 1. The lowest BCUT2D eigenvalue weighted by molar-refractivity contribution is 0.0971. The van der Waals surface area contributed by atoms with Gasteiger partial charge in [0, 0.05) is 10.4 Å². The normalized spacial score (nSPS) is 15.8. The van der Waals surface area contributed by atoms with Crippen LogP contribution in [-0.4, -0.2) is 10.9 Å². The number of carbonyl (C=O) groups is 1. The third-order valence-corrected chi connectivity index (χ3v) is 6.84. The van der Waals surface area contributed by atoms with Crippen molar-refractivity contribution < 1.29 is 9.21 Å². The molecular formula is C21H11Cl3N2O3S. The van der Waals surface area contributed by atoms with Crippen molar-refractivity contribution in [3.05, 3.63) is 89.7 Å². The Labute approximate surface area is 189 Å². The zero-order valence-corrected chi connectivity index (χ0v) is 18.4. The first kappa shape index (κ1) is 19.6. The molecule has 1 aliphatic heterocycles. The Bertz CT molecular complexity index is 1410. The maximum absolute atomic E-state index is 13.5. The van der Waals surface area contributed by atoms with Crippen molar-refractivity contribution in [1.82, 2.24) is 4.98 Å². The summed E-state index contributed by atoms with van der Waals surface area (Å²) < 4.78 is 5.88. The first-order valence-corrected chi connectivity index (χ1v) is 10.8. The highest BCUT2D eigenvalue weighted by molar-refractivity contribution is 7.14. The molecular weight excluding hydrogens is 467 g/mol. The average molecular weight is 478 g/mol. The number of benzene rings is 2. The number of aromatic nitrogens is 1. The maximum Gasteiger partial charge on any atom is 0.297 e. The molecule has 5 rings (SSSR count). The SMILES string of the molecule is Cc1csc(N2C(=O)c3oc4ccc(Cl)cc4c(=O)c3C2c2ccc(Cl)c(Cl)c2)n1. The molecule has 0 aliphatic carbocycles. The second kappa shape index (κ2) is 7.10. The van der Waals surface area contributed by atoms with Crippen LogP contribution in [-0.2, 0) is 0 Å². The molecule has 30 heavy (non-hydrogen) atoms. The van der Waals surface area contributed by atoms with Gasteiger partial charge in [-0.15, -0.1) is 11.3 Å². The van der Waals surface area contributed by atoms with Gasteiger partial charge >= 0.3 is 0 Å². The van der Waals surface area contributed by atoms with Gasteiger partial charge in [-0.25, -0.2) is 4.98 Å². The minimum Gasteiger partial charge on any atom is -0.450 e. The molecule has 2 aromatic carbocycles. The summed E-state index contributed by atoms with van der Waals surface area (Å²) >= 11 is 19.7. The van der Waals surface area contributed by atoms with Crippen molar-refractivity contribution in [3.63, 3.8) is 0 Å². The van der Waals surface area contributed by atoms with Crippen LogP contribution in [0.2, 0.25) is 15.1 Å². The molecule has 5 nitrogen and oxygen atoms in total. The number of carbonyl (C=O) groups excluding carboxylic acids is 1. The minimum atomic E-state index is -0.757. The molecule has 1 aliphatic rings. The van der Waals surface area contributed by atoms with Gasteiger partial charge in [0.1, 0.15) is 5.58 Å². The number of aryl methyl sites for hydroxylation is 1. The fraction of sp³-hybridized carbons (Fsp3) is 0.0952. The van der Waals surface area contributed by atoms with E-state index < -0.39 is 11.9 Å². The van der Waals surface area contributed by atoms with Crippen LogP contribution in [0.4, 0.5) is 5.13 Å². The quantitative estimate of drug-likeness (QED) is 0.341. The van der Waals surface area contributed by atoms with E-state index in [-0.39, 0.29) is 16.8 Å². The summed E-state index contributed by atoms with van der Waals surface area (Å²) in [7, 11) is 0. The highest BCUT2D eigenvalue weighted by Crippen LogP contribution is 2.43. The predicted molar refractivity (Wildman–Crippen MR) is 119 cm³/mol. The van der Waals surface area contributed by atoms with Crippen LogP contribution in [0.25, 0.3) is 11.0 Å². The zero-order valence-electron chi connectivity index (χ0n) is 15.3. The topological polar surface area (TPSA) is 63.4 Å². The monoisotopic (exact) mass is 476 g/mol. The number of hydrogen-bond donors (Lipinski definition) is 0. The van der Waals surface area contributed by atoms with Gasteiger partial charge < -0.3 is 4.42 Å². The third kappa shape index (κ3) is 2.94. The first-order chi connectivity index (χ1) is 14.3. The largest absolute Gasteiger partial charge is 0.450 e. The second-order valence-corrected chi connectivity index (χ2v) is 8.92. The molecule has 3 heterocycles. The van der Waals surface area contributed by atoms with Crippen LogP contribution in [0.3, 0.4) is 0 Å². The van der Waals surface area contributed by atoms with E-state index in [1.165, 1.54) is 22.3 Å². The number of fused-ring (bicyclic) bond motifs is 2. The van der Waals surface area contributed by atoms with Crippen molar-refractivity contribution in [2.45, 2.75) is 13.0 Å². The highest BCUT2D eigenvalue weighted by Gasteiger charge is 2.45. The Hall–Kier alpha value is -2.38. The summed E-state index contributed by atoms with van der Waals surface area (Å²) in [6.07, 6.45) is 0. The average Bonchev–Trinajstić information content (AvgIpc) is 3.26. The van der Waals surface area contributed by atoms with Crippen LogP contribution < -0.4 is 10.3 Å². The highest BCUT2D eigenvalue weighted by atomic mass is 35.5. The number of amides is 1. The molecule has 9 heteroatoms. The number of rotatable bonds is 2. The molecule has 0 spiro atoms. The van der Waals surface area contributed by atoms with Gasteiger partial charge in [0.2, 0.25) is 5.76 Å². The van der Waals surface area contributed by atoms with Gasteiger partial charge in [0.25, 0.3) is 5.91 Å². The van der Waals surface area contributed by atoms with E-state index in [1.807, 2.05) is 12.3 Å². The fourth-order valence-electron chi connectivity index (χ4n) is 3.59. The Balaban J connectivity index is 1.84. The molecule has 0 saturated carbocycles. The van der Waals surface area contributed by atoms with Crippen molar-refractivity contribution in [2.24, 2.45) is 0 Å². The lowest BCUT2D eigenvalue weighted by Gasteiger charge is -2.22. The number of hydrogen-bond acceptors (Lipinski definition) is 5. The molecule has 0 bridgehead atoms. The molecule has 1 amide bonds. The number of nitrogens with zero attached hydrogens (tertiary/aromatic N) is 2. The van der Waals surface area contributed by atoms with Gasteiger partial charge in [-0.1, -0.05) is 40.9 Å². The van der Waals surface area contributed by atoms with E-state index in [0.717, 1.165) is 5.69 Å². The van der Waals surface area contributed by atoms with E-state index >= 15 is 0 Å². The van der Waals surface area contributed by atoms with Gasteiger partial charge in [-0.3, -0.25) is 14.5 Å². The van der Waals surface area contributed by atoms with Crippen molar-refractivity contribution in [1.29, 1.82) is 0 Å². The summed E-state index contributed by atoms with van der Waals surface area (Å²) in [5.41, 5.74) is 1.58. The lowest BCUT2D eigenvalue weighted by atomic mass is 9.99. The van der Waals surface area contributed by atoms with E-state index in [0.29, 0.717) is 36.7 Å². The van der Waals surface area contributed by atoms with E-state index in [4.69, 9.17) is 39.2 Å². The van der Waals surface area contributed by atoms with Gasteiger partial charge in [-0.2, -0.15) is 0 Å². The van der Waals surface area contributed by atoms with Crippen LogP contribution >= 0.6 is 46.1 Å². The Kier molecular flexibility index (Phi) is 4.63. The Morgan fingerprint density at radius 1 is 1.07 bits per heavy atom. The molecule has 150 valence electrons. The van der Waals surface area contributed by atoms with Gasteiger partial charge in [0.15, 0.2) is 10.6 Å². The molecule has 1 atom stereocenters. The van der Waals surface area contributed by atoms with Crippen LogP contribution in [0, 0.1) is 6.92 Å². The van der Waals surface area contributed by atoms with Crippen LogP contribution in [0.15, 0.2) is 51.0 Å². The van der Waals surface area contributed by atoms with Crippen LogP contribution in [0.1, 0.15) is 33.4 Å². The molecule has 0 fully saturated rings. The van der Waals surface area contributed by atoms with E-state index in [2.05, 4.69) is 4.98 Å². The summed E-state index contributed by atoms with van der Waals surface area (Å²) in [5.74, 6) is -0.455. The molecule has 2 aromatic heterocycles. The number of halogens is 3. The van der Waals surface area contributed by atoms with Crippen molar-refractivity contribution in [3.8, 4) is 0 Å². The molecule has 0 N–H and O–H groups in total. The first-order valence-electron chi connectivity index (χ1n) is 8.82. The fourth-order valence-corrected chi connectivity index (χ4v) is 4.90. The molecule has 0 saturated heterocycles. The Morgan fingerprint density at radius 2 is 1.87 bits per heavy atom. The van der Waals surface area contributed by atoms with Crippen molar-refractivity contribution in [2.75, 3.05) is 4.90 Å². The third-order valence-electron chi connectivity index (χ3n) is 4.90. The summed E-state index contributed by atoms with van der Waals surface area (Å²) in [6.45, 7) is 1.83. The maximum atomic E-state index is 13.5. The van der Waals surface area contributed by atoms with Crippen molar-refractivity contribution >= 4 is 68.1 Å². The van der Waals surface area contributed by atoms with Gasteiger partial charge in [0.05, 0.1) is 32.7 Å². The minimum absolute atomic E-state index is 0.0150. The van der Waals surface area contributed by atoms with Crippen LogP contribution in [0.5, 0.6) is 0 Å². The smallest absolute Gasteiger partial charge is 0.297 e. The Morgan fingerprint density at radius 3 is 2.57 bits per heavy atom. The van der Waals surface area contributed by atoms with E-state index in [9.17, 15) is 9.59 Å². The molecule has 0 radical (unpaired) electrons. The molecule has 1 unspecified atom stereocenters. The number of anilines is 1. The predicted octanol–water partition coefficient (Wildman–Crippen LogP) is 6.27. The van der Waals surface area contributed by atoms with E-state index in [1.54, 1.807) is 30.3 Å².